The summed E-state index contributed by atoms with van der Waals surface area (Å²) in [5.74, 6) is 5.13. The summed E-state index contributed by atoms with van der Waals surface area (Å²) in [6, 6.07) is 30.0. The van der Waals surface area contributed by atoms with E-state index in [4.69, 9.17) is 0 Å². The molecule has 41 heavy (non-hydrogen) atoms. The van der Waals surface area contributed by atoms with Crippen molar-refractivity contribution in [3.8, 4) is 17.6 Å². The van der Waals surface area contributed by atoms with Gasteiger partial charge in [0.2, 0.25) is 0 Å². The average molecular weight is 546 g/mol. The fourth-order valence-electron chi connectivity index (χ4n) is 4.65. The minimum atomic E-state index is -1.16. The third-order valence-corrected chi connectivity index (χ3v) is 7.22. The molecule has 4 aromatic rings. The largest absolute Gasteiger partial charge is 0.507 e. The van der Waals surface area contributed by atoms with Crippen LogP contribution >= 0.6 is 0 Å². The van der Waals surface area contributed by atoms with Crippen LogP contribution in [0.2, 0.25) is 0 Å². The number of rotatable bonds is 9. The zero-order chi connectivity index (χ0) is 29.4. The number of hydrogen-bond acceptors (Lipinski definition) is 3. The number of hydrogen-bond donors (Lipinski definition) is 2. The molecule has 4 aromatic carbocycles. The van der Waals surface area contributed by atoms with Crippen molar-refractivity contribution in [3.05, 3.63) is 130 Å². The van der Waals surface area contributed by atoms with Crippen LogP contribution in [0.3, 0.4) is 0 Å². The zero-order valence-corrected chi connectivity index (χ0v) is 24.4. The Balaban J connectivity index is 1.54. The first kappa shape index (κ1) is 29.5. The van der Waals surface area contributed by atoms with E-state index in [1.807, 2.05) is 12.1 Å². The fraction of sp³-hybridized carbons (Fsp3) is 0.270. The van der Waals surface area contributed by atoms with Crippen molar-refractivity contribution in [3.63, 3.8) is 0 Å². The van der Waals surface area contributed by atoms with Crippen molar-refractivity contribution >= 4 is 11.7 Å². The van der Waals surface area contributed by atoms with E-state index in [9.17, 15) is 15.0 Å². The Labute approximate surface area is 244 Å². The van der Waals surface area contributed by atoms with Crippen molar-refractivity contribution in [2.75, 3.05) is 4.90 Å². The normalized spacial score (nSPS) is 11.0. The minimum absolute atomic E-state index is 0.0638. The molecule has 0 aliphatic rings. The molecule has 0 spiro atoms. The van der Waals surface area contributed by atoms with E-state index in [-0.39, 0.29) is 16.7 Å². The lowest BCUT2D eigenvalue weighted by atomic mass is 9.87. The summed E-state index contributed by atoms with van der Waals surface area (Å²) in [6.45, 7) is 9.93. The lowest BCUT2D eigenvalue weighted by Gasteiger charge is -2.26. The number of nitrogens with zero attached hydrogens (tertiary/aromatic N) is 1. The van der Waals surface area contributed by atoms with Gasteiger partial charge in [-0.15, -0.1) is 0 Å². The van der Waals surface area contributed by atoms with Crippen molar-refractivity contribution in [2.24, 2.45) is 0 Å². The molecule has 0 bridgehead atoms. The molecule has 0 atom stereocenters. The maximum Gasteiger partial charge on any atom is 0.339 e. The van der Waals surface area contributed by atoms with Gasteiger partial charge in [0.05, 0.1) is 0 Å². The highest BCUT2D eigenvalue weighted by atomic mass is 16.4. The monoisotopic (exact) mass is 545 g/mol. The van der Waals surface area contributed by atoms with Crippen molar-refractivity contribution in [1.29, 1.82) is 0 Å². The second-order valence-electron chi connectivity index (χ2n) is 11.6. The molecular weight excluding hydrogens is 506 g/mol. The Morgan fingerprint density at radius 1 is 0.756 bits per heavy atom. The number of aryl methyl sites for hydroxylation is 1. The van der Waals surface area contributed by atoms with Crippen LogP contribution in [-0.4, -0.2) is 16.2 Å². The number of carboxylic acids is 1. The lowest BCUT2D eigenvalue weighted by molar-refractivity contribution is 0.0693. The van der Waals surface area contributed by atoms with Crippen molar-refractivity contribution < 1.29 is 15.0 Å². The summed E-state index contributed by atoms with van der Waals surface area (Å²) in [5.41, 5.74) is 7.42. The zero-order valence-electron chi connectivity index (χ0n) is 24.4. The first-order valence-electron chi connectivity index (χ1n) is 14.2. The van der Waals surface area contributed by atoms with Gasteiger partial charge in [-0.1, -0.05) is 94.5 Å². The van der Waals surface area contributed by atoms with Gasteiger partial charge in [0.15, 0.2) is 0 Å². The third kappa shape index (κ3) is 8.25. The number of carboxylic acid groups (broad SMARTS) is 1. The number of carbonyl (C=O) groups is 1. The first-order valence-corrected chi connectivity index (χ1v) is 14.2. The number of aromatic carboxylic acids is 1. The topological polar surface area (TPSA) is 60.8 Å². The predicted octanol–water partition coefficient (Wildman–Crippen LogP) is 8.34. The number of anilines is 1. The number of phenols is 1. The Bertz CT molecular complexity index is 1520. The molecule has 0 saturated heterocycles. The standard InChI is InChI=1S/C37H39NO3/c1-5-6-7-27-8-10-28(11-9-27)12-13-29-14-16-30(17-15-29)25-38(33-22-23-35(39)34(24-33)36(40)41)26-31-18-20-32(21-19-31)37(2,3)4/h8-11,14-24,39H,5-7,25-26H2,1-4H3,(H,40,41). The Kier molecular flexibility index (Phi) is 9.53. The molecule has 0 heterocycles. The molecule has 210 valence electrons. The van der Waals surface area contributed by atoms with E-state index in [1.54, 1.807) is 6.07 Å². The molecule has 0 radical (unpaired) electrons. The van der Waals surface area contributed by atoms with Gasteiger partial charge in [-0.3, -0.25) is 0 Å². The average Bonchev–Trinajstić information content (AvgIpc) is 2.96. The summed E-state index contributed by atoms with van der Waals surface area (Å²) in [4.78, 5) is 13.8. The molecule has 0 aliphatic carbocycles. The maximum atomic E-state index is 11.7. The molecule has 0 fully saturated rings. The van der Waals surface area contributed by atoms with Gasteiger partial charge in [0.25, 0.3) is 0 Å². The van der Waals surface area contributed by atoms with Crippen LogP contribution in [0, 0.1) is 11.8 Å². The molecule has 0 amide bonds. The van der Waals surface area contributed by atoms with Gasteiger partial charge in [-0.05, 0) is 83.0 Å². The summed E-state index contributed by atoms with van der Waals surface area (Å²) in [6.07, 6.45) is 3.50. The van der Waals surface area contributed by atoms with E-state index in [0.29, 0.717) is 13.1 Å². The molecule has 0 saturated carbocycles. The molecular formula is C37H39NO3. The van der Waals surface area contributed by atoms with Crippen LogP contribution in [0.15, 0.2) is 91.0 Å². The van der Waals surface area contributed by atoms with E-state index in [1.165, 1.54) is 36.1 Å². The molecule has 4 rings (SSSR count). The molecule has 0 aromatic heterocycles. The van der Waals surface area contributed by atoms with E-state index < -0.39 is 5.97 Å². The summed E-state index contributed by atoms with van der Waals surface area (Å²) >= 11 is 0. The van der Waals surface area contributed by atoms with Gasteiger partial charge in [-0.25, -0.2) is 4.79 Å². The summed E-state index contributed by atoms with van der Waals surface area (Å²) < 4.78 is 0. The lowest BCUT2D eigenvalue weighted by Crippen LogP contribution is -2.22. The molecule has 4 nitrogen and oxygen atoms in total. The second kappa shape index (κ2) is 13.2. The van der Waals surface area contributed by atoms with E-state index in [0.717, 1.165) is 34.4 Å². The van der Waals surface area contributed by atoms with Crippen molar-refractivity contribution in [2.45, 2.75) is 65.5 Å². The minimum Gasteiger partial charge on any atom is -0.507 e. The molecule has 0 unspecified atom stereocenters. The Morgan fingerprint density at radius 3 is 1.76 bits per heavy atom. The van der Waals surface area contributed by atoms with Crippen LogP contribution < -0.4 is 4.90 Å². The smallest absolute Gasteiger partial charge is 0.339 e. The second-order valence-corrected chi connectivity index (χ2v) is 11.6. The van der Waals surface area contributed by atoms with Gasteiger partial charge in [-0.2, -0.15) is 0 Å². The van der Waals surface area contributed by atoms with E-state index in [2.05, 4.69) is 105 Å². The van der Waals surface area contributed by atoms with Crippen LogP contribution in [-0.2, 0) is 24.9 Å². The van der Waals surface area contributed by atoms with Crippen LogP contribution in [0.25, 0.3) is 0 Å². The van der Waals surface area contributed by atoms with Crippen LogP contribution in [0.5, 0.6) is 5.75 Å². The Hall–Kier alpha value is -4.49. The number of unbranched alkanes of at least 4 members (excludes halogenated alkanes) is 1. The fourth-order valence-corrected chi connectivity index (χ4v) is 4.65. The van der Waals surface area contributed by atoms with Gasteiger partial charge in [0.1, 0.15) is 11.3 Å². The summed E-state index contributed by atoms with van der Waals surface area (Å²) in [7, 11) is 0. The van der Waals surface area contributed by atoms with Gasteiger partial charge >= 0.3 is 5.97 Å². The highest BCUT2D eigenvalue weighted by Gasteiger charge is 2.17. The number of aromatic hydroxyl groups is 1. The molecule has 0 aliphatic heterocycles. The van der Waals surface area contributed by atoms with Crippen LogP contribution in [0.1, 0.15) is 84.3 Å². The van der Waals surface area contributed by atoms with Crippen molar-refractivity contribution in [1.82, 2.24) is 0 Å². The van der Waals surface area contributed by atoms with E-state index >= 15 is 0 Å². The maximum absolute atomic E-state index is 11.7. The highest BCUT2D eigenvalue weighted by Crippen LogP contribution is 2.28. The molecule has 4 heteroatoms. The summed E-state index contributed by atoms with van der Waals surface area (Å²) in [5, 5.41) is 19.7. The Morgan fingerprint density at radius 2 is 1.27 bits per heavy atom. The SMILES string of the molecule is CCCCc1ccc(C#Cc2ccc(CN(Cc3ccc(C(C)(C)C)cc3)c3ccc(O)c(C(=O)O)c3)cc2)cc1. The number of benzene rings is 4. The highest BCUT2D eigenvalue weighted by molar-refractivity contribution is 5.92. The third-order valence-electron chi connectivity index (χ3n) is 7.22. The quantitative estimate of drug-likeness (QED) is 0.208. The molecule has 2 N–H and O–H groups in total. The van der Waals surface area contributed by atoms with Gasteiger partial charge < -0.3 is 15.1 Å². The predicted molar refractivity (Wildman–Crippen MR) is 168 cm³/mol. The van der Waals surface area contributed by atoms with Crippen LogP contribution in [0.4, 0.5) is 5.69 Å². The van der Waals surface area contributed by atoms with Gasteiger partial charge in [0, 0.05) is 29.9 Å². The first-order chi connectivity index (χ1) is 19.6.